The number of halogens is 2. The molecule has 1 aromatic rings. The Morgan fingerprint density at radius 3 is 2.00 bits per heavy atom. The van der Waals surface area contributed by atoms with Crippen LogP contribution in [0, 0.1) is 6.92 Å². The van der Waals surface area contributed by atoms with Gasteiger partial charge in [-0.1, -0.05) is 36.8 Å². The highest BCUT2D eigenvalue weighted by atomic mass is 19.3. The molecule has 0 aliphatic heterocycles. The number of hydrogen-bond donors (Lipinski definition) is 0. The van der Waals surface area contributed by atoms with Crippen LogP contribution in [0.15, 0.2) is 24.3 Å². The van der Waals surface area contributed by atoms with E-state index < -0.39 is 12.3 Å². The highest BCUT2D eigenvalue weighted by Gasteiger charge is 2.15. The van der Waals surface area contributed by atoms with Gasteiger partial charge in [0.1, 0.15) is 0 Å². The molecule has 2 heteroatoms. The van der Waals surface area contributed by atoms with Gasteiger partial charge in [-0.05, 0) is 12.5 Å². The van der Waals surface area contributed by atoms with Gasteiger partial charge in [-0.2, -0.15) is 0 Å². The predicted octanol–water partition coefficient (Wildman–Crippen LogP) is 3.36. The fourth-order valence-electron chi connectivity index (χ4n) is 1.02. The monoisotopic (exact) mass is 170 g/mol. The molecule has 0 amide bonds. The second kappa shape index (κ2) is 3.65. The van der Waals surface area contributed by atoms with E-state index in [1.54, 1.807) is 12.1 Å². The number of benzene rings is 1. The third-order valence-electron chi connectivity index (χ3n) is 1.98. The Morgan fingerprint density at radius 2 is 1.58 bits per heavy atom. The Hall–Kier alpha value is -0.920. The lowest BCUT2D eigenvalue weighted by atomic mass is 10.0. The van der Waals surface area contributed by atoms with E-state index >= 15 is 0 Å². The maximum Gasteiger partial charge on any atom is 0.245 e. The van der Waals surface area contributed by atoms with E-state index in [9.17, 15) is 8.78 Å². The normalized spacial score (nSPS) is 13.4. The Kier molecular flexibility index (Phi) is 2.79. The lowest BCUT2D eigenvalue weighted by molar-refractivity contribution is 0.121. The van der Waals surface area contributed by atoms with E-state index in [2.05, 4.69) is 0 Å². The van der Waals surface area contributed by atoms with Crippen molar-refractivity contribution in [1.82, 2.24) is 0 Å². The number of aryl methyl sites for hydroxylation is 1. The van der Waals surface area contributed by atoms with Gasteiger partial charge in [0.2, 0.25) is 6.43 Å². The molecule has 66 valence electrons. The van der Waals surface area contributed by atoms with E-state index in [0.717, 1.165) is 5.56 Å². The second-order valence-electron chi connectivity index (χ2n) is 3.03. The number of rotatable bonds is 2. The molecule has 1 unspecified atom stereocenters. The van der Waals surface area contributed by atoms with Gasteiger partial charge in [-0.3, -0.25) is 0 Å². The molecule has 12 heavy (non-hydrogen) atoms. The fourth-order valence-corrected chi connectivity index (χ4v) is 1.02. The zero-order valence-electron chi connectivity index (χ0n) is 7.22. The van der Waals surface area contributed by atoms with Crippen molar-refractivity contribution in [3.63, 3.8) is 0 Å². The molecular formula is C10H12F2. The Labute approximate surface area is 71.2 Å². The first-order valence-corrected chi connectivity index (χ1v) is 3.96. The molecule has 0 radical (unpaired) electrons. The van der Waals surface area contributed by atoms with Gasteiger partial charge in [0.05, 0.1) is 0 Å². The standard InChI is InChI=1S/C10H12F2/c1-7-3-5-9(6-4-7)8(2)10(11)12/h3-6,8,10H,1-2H3. The van der Waals surface area contributed by atoms with Crippen molar-refractivity contribution >= 4 is 0 Å². The van der Waals surface area contributed by atoms with E-state index in [4.69, 9.17) is 0 Å². The highest BCUT2D eigenvalue weighted by Crippen LogP contribution is 2.22. The van der Waals surface area contributed by atoms with Crippen LogP contribution >= 0.6 is 0 Å². The average Bonchev–Trinajstić information content (AvgIpc) is 2.04. The third-order valence-corrected chi connectivity index (χ3v) is 1.98. The smallest absolute Gasteiger partial charge is 0.210 e. The van der Waals surface area contributed by atoms with Gasteiger partial charge in [0.15, 0.2) is 0 Å². The minimum absolute atomic E-state index is 0.661. The summed E-state index contributed by atoms with van der Waals surface area (Å²) in [7, 11) is 0. The summed E-state index contributed by atoms with van der Waals surface area (Å²) in [5.74, 6) is -0.661. The van der Waals surface area contributed by atoms with Crippen LogP contribution in [0.3, 0.4) is 0 Å². The first-order valence-electron chi connectivity index (χ1n) is 3.96. The van der Waals surface area contributed by atoms with Crippen molar-refractivity contribution in [3.8, 4) is 0 Å². The molecule has 0 aromatic heterocycles. The van der Waals surface area contributed by atoms with Crippen LogP contribution in [0.5, 0.6) is 0 Å². The summed E-state index contributed by atoms with van der Waals surface area (Å²) in [5, 5.41) is 0. The molecule has 1 aromatic carbocycles. The molecule has 0 aliphatic carbocycles. The Balaban J connectivity index is 2.82. The van der Waals surface area contributed by atoms with Crippen molar-refractivity contribution in [3.05, 3.63) is 35.4 Å². The number of hydrogen-bond acceptors (Lipinski definition) is 0. The van der Waals surface area contributed by atoms with Crippen LogP contribution in [0.2, 0.25) is 0 Å². The van der Waals surface area contributed by atoms with Crippen LogP contribution in [-0.2, 0) is 0 Å². The van der Waals surface area contributed by atoms with Crippen molar-refractivity contribution < 1.29 is 8.78 Å². The Bertz CT molecular complexity index is 239. The van der Waals surface area contributed by atoms with Crippen LogP contribution in [-0.4, -0.2) is 6.43 Å². The van der Waals surface area contributed by atoms with Crippen LogP contribution in [0.1, 0.15) is 24.0 Å². The van der Waals surface area contributed by atoms with Crippen molar-refractivity contribution in [2.45, 2.75) is 26.2 Å². The molecule has 1 rings (SSSR count). The second-order valence-corrected chi connectivity index (χ2v) is 3.03. The van der Waals surface area contributed by atoms with Crippen molar-refractivity contribution in [2.24, 2.45) is 0 Å². The number of alkyl halides is 2. The van der Waals surface area contributed by atoms with E-state index in [1.807, 2.05) is 19.1 Å². The largest absolute Gasteiger partial charge is 0.245 e. The van der Waals surface area contributed by atoms with Gasteiger partial charge in [0, 0.05) is 5.92 Å². The summed E-state index contributed by atoms with van der Waals surface area (Å²) in [6.07, 6.45) is -2.27. The summed E-state index contributed by atoms with van der Waals surface area (Å²) in [5.41, 5.74) is 1.80. The fraction of sp³-hybridized carbons (Fsp3) is 0.400. The quantitative estimate of drug-likeness (QED) is 0.638. The zero-order chi connectivity index (χ0) is 9.14. The highest BCUT2D eigenvalue weighted by molar-refractivity contribution is 5.24. The lowest BCUT2D eigenvalue weighted by Crippen LogP contribution is -2.04. The van der Waals surface area contributed by atoms with Crippen molar-refractivity contribution in [2.75, 3.05) is 0 Å². The molecular weight excluding hydrogens is 158 g/mol. The molecule has 0 saturated carbocycles. The van der Waals surface area contributed by atoms with E-state index in [1.165, 1.54) is 6.92 Å². The SMILES string of the molecule is Cc1ccc(C(C)C(F)F)cc1. The minimum atomic E-state index is -2.27. The molecule has 0 bridgehead atoms. The molecule has 0 fully saturated rings. The van der Waals surface area contributed by atoms with Crippen LogP contribution in [0.25, 0.3) is 0 Å². The molecule has 0 saturated heterocycles. The molecule has 0 nitrogen and oxygen atoms in total. The Morgan fingerprint density at radius 1 is 1.08 bits per heavy atom. The summed E-state index contributed by atoms with van der Waals surface area (Å²) >= 11 is 0. The average molecular weight is 170 g/mol. The molecule has 0 aliphatic rings. The summed E-state index contributed by atoms with van der Waals surface area (Å²) < 4.78 is 24.4. The first kappa shape index (κ1) is 9.17. The summed E-state index contributed by atoms with van der Waals surface area (Å²) in [6.45, 7) is 3.48. The van der Waals surface area contributed by atoms with Gasteiger partial charge in [0.25, 0.3) is 0 Å². The topological polar surface area (TPSA) is 0 Å². The molecule has 0 heterocycles. The summed E-state index contributed by atoms with van der Waals surface area (Å²) in [6, 6.07) is 7.22. The first-order chi connectivity index (χ1) is 5.61. The lowest BCUT2D eigenvalue weighted by Gasteiger charge is -2.09. The van der Waals surface area contributed by atoms with Gasteiger partial charge in [-0.25, -0.2) is 8.78 Å². The van der Waals surface area contributed by atoms with Crippen LogP contribution in [0.4, 0.5) is 8.78 Å². The molecule has 1 atom stereocenters. The third kappa shape index (κ3) is 2.03. The van der Waals surface area contributed by atoms with Gasteiger partial charge < -0.3 is 0 Å². The zero-order valence-corrected chi connectivity index (χ0v) is 7.22. The van der Waals surface area contributed by atoms with E-state index in [0.29, 0.717) is 5.56 Å². The van der Waals surface area contributed by atoms with Crippen LogP contribution < -0.4 is 0 Å². The predicted molar refractivity (Wildman–Crippen MR) is 45.6 cm³/mol. The van der Waals surface area contributed by atoms with Crippen molar-refractivity contribution in [1.29, 1.82) is 0 Å². The maximum atomic E-state index is 12.2. The van der Waals surface area contributed by atoms with Gasteiger partial charge in [-0.15, -0.1) is 0 Å². The molecule has 0 N–H and O–H groups in total. The van der Waals surface area contributed by atoms with E-state index in [-0.39, 0.29) is 0 Å². The molecule has 0 spiro atoms. The van der Waals surface area contributed by atoms with Gasteiger partial charge >= 0.3 is 0 Å². The minimum Gasteiger partial charge on any atom is -0.210 e. The maximum absolute atomic E-state index is 12.2. The summed E-state index contributed by atoms with van der Waals surface area (Å²) in [4.78, 5) is 0.